The van der Waals surface area contributed by atoms with Gasteiger partial charge in [0.2, 0.25) is 0 Å². The van der Waals surface area contributed by atoms with Gasteiger partial charge in [0.05, 0.1) is 0 Å². The number of rotatable bonds is 5. The second-order valence-corrected chi connectivity index (χ2v) is 6.90. The second-order valence-electron chi connectivity index (χ2n) is 6.90. The van der Waals surface area contributed by atoms with E-state index < -0.39 is 0 Å². The van der Waals surface area contributed by atoms with Gasteiger partial charge in [0.25, 0.3) is 0 Å². The molecule has 0 aromatic heterocycles. The number of benzene rings is 1. The molecule has 20 heavy (non-hydrogen) atoms. The maximum atomic E-state index is 9.78. The van der Waals surface area contributed by atoms with Crippen molar-refractivity contribution in [2.75, 3.05) is 0 Å². The van der Waals surface area contributed by atoms with E-state index in [0.717, 1.165) is 18.0 Å². The first-order chi connectivity index (χ1) is 9.53. The van der Waals surface area contributed by atoms with Gasteiger partial charge < -0.3 is 10.4 Å². The Morgan fingerprint density at radius 3 is 2.40 bits per heavy atom. The molecule has 2 heteroatoms. The number of phenols is 1. The highest BCUT2D eigenvalue weighted by Gasteiger charge is 2.31. The molecule has 0 heterocycles. The molecule has 0 spiro atoms. The summed E-state index contributed by atoms with van der Waals surface area (Å²) in [5, 5.41) is 13.4. The van der Waals surface area contributed by atoms with Gasteiger partial charge in [-0.1, -0.05) is 45.4 Å². The summed E-state index contributed by atoms with van der Waals surface area (Å²) in [5.41, 5.74) is 1.49. The first-order valence-electron chi connectivity index (χ1n) is 8.03. The molecule has 1 aromatic rings. The number of para-hydroxylation sites is 1. The molecule has 0 saturated heterocycles. The van der Waals surface area contributed by atoms with Crippen molar-refractivity contribution in [2.24, 2.45) is 11.3 Å². The molecule has 1 fully saturated rings. The molecule has 0 bridgehead atoms. The first kappa shape index (κ1) is 15.4. The molecular formula is C18H29NO. The molecule has 2 N–H and O–H groups in total. The quantitative estimate of drug-likeness (QED) is 0.830. The Morgan fingerprint density at radius 2 is 1.80 bits per heavy atom. The molecule has 2 nitrogen and oxygen atoms in total. The van der Waals surface area contributed by atoms with Crippen LogP contribution in [0.15, 0.2) is 24.3 Å². The summed E-state index contributed by atoms with van der Waals surface area (Å²) in [6.07, 6.45) is 6.47. The summed E-state index contributed by atoms with van der Waals surface area (Å²) in [6, 6.07) is 8.22. The average molecular weight is 275 g/mol. The van der Waals surface area contributed by atoms with Crippen molar-refractivity contribution in [3.8, 4) is 5.75 Å². The van der Waals surface area contributed by atoms with Crippen LogP contribution in [0.3, 0.4) is 0 Å². The van der Waals surface area contributed by atoms with E-state index in [0.29, 0.717) is 17.2 Å². The van der Waals surface area contributed by atoms with Crippen molar-refractivity contribution >= 4 is 0 Å². The average Bonchev–Trinajstić information content (AvgIpc) is 2.47. The Kier molecular flexibility index (Phi) is 5.09. The van der Waals surface area contributed by atoms with Crippen LogP contribution in [0.4, 0.5) is 0 Å². The fraction of sp³-hybridized carbons (Fsp3) is 0.667. The van der Waals surface area contributed by atoms with E-state index in [2.05, 4.69) is 26.1 Å². The number of nitrogens with one attached hydrogen (secondary N) is 1. The van der Waals surface area contributed by atoms with Crippen LogP contribution in [0.1, 0.15) is 58.4 Å². The highest BCUT2D eigenvalue weighted by atomic mass is 16.3. The van der Waals surface area contributed by atoms with E-state index in [1.807, 2.05) is 18.2 Å². The smallest absolute Gasteiger partial charge is 0.120 e. The predicted molar refractivity (Wildman–Crippen MR) is 84.8 cm³/mol. The lowest BCUT2D eigenvalue weighted by Gasteiger charge is -2.39. The fourth-order valence-corrected chi connectivity index (χ4v) is 3.28. The van der Waals surface area contributed by atoms with Crippen LogP contribution >= 0.6 is 0 Å². The molecule has 0 amide bonds. The molecule has 1 aliphatic rings. The minimum absolute atomic E-state index is 0.404. The molecule has 0 radical (unpaired) electrons. The monoisotopic (exact) mass is 275 g/mol. The van der Waals surface area contributed by atoms with Gasteiger partial charge in [-0.15, -0.1) is 0 Å². The minimum Gasteiger partial charge on any atom is -0.508 e. The summed E-state index contributed by atoms with van der Waals surface area (Å²) in [5.74, 6) is 1.27. The van der Waals surface area contributed by atoms with Crippen LogP contribution in [0.25, 0.3) is 0 Å². The van der Waals surface area contributed by atoms with Crippen LogP contribution in [0.5, 0.6) is 5.75 Å². The second kappa shape index (κ2) is 6.62. The molecule has 1 aliphatic carbocycles. The lowest BCUT2D eigenvalue weighted by Crippen LogP contribution is -2.36. The maximum absolute atomic E-state index is 9.78. The largest absolute Gasteiger partial charge is 0.508 e. The maximum Gasteiger partial charge on any atom is 0.120 e. The molecule has 1 saturated carbocycles. The number of hydrogen-bond acceptors (Lipinski definition) is 2. The third-order valence-corrected chi connectivity index (χ3v) is 5.32. The van der Waals surface area contributed by atoms with Crippen molar-refractivity contribution in [3.63, 3.8) is 0 Å². The first-order valence-corrected chi connectivity index (χ1v) is 8.03. The Hall–Kier alpha value is -1.02. The van der Waals surface area contributed by atoms with Crippen LogP contribution in [-0.4, -0.2) is 11.1 Å². The lowest BCUT2D eigenvalue weighted by atomic mass is 9.69. The zero-order valence-electron chi connectivity index (χ0n) is 13.2. The minimum atomic E-state index is 0.404. The van der Waals surface area contributed by atoms with E-state index in [4.69, 9.17) is 0 Å². The number of hydrogen-bond donors (Lipinski definition) is 2. The highest BCUT2D eigenvalue weighted by molar-refractivity contribution is 5.31. The van der Waals surface area contributed by atoms with Crippen molar-refractivity contribution in [3.05, 3.63) is 29.8 Å². The normalized spacial score (nSPS) is 23.8. The SMILES string of the molecule is CCC(C)(C)C1CCC(NCc2ccccc2O)CC1. The van der Waals surface area contributed by atoms with Gasteiger partial charge >= 0.3 is 0 Å². The van der Waals surface area contributed by atoms with E-state index in [1.54, 1.807) is 6.07 Å². The number of phenolic OH excluding ortho intramolecular Hbond substituents is 1. The van der Waals surface area contributed by atoms with Crippen molar-refractivity contribution in [2.45, 2.75) is 65.5 Å². The summed E-state index contributed by atoms with van der Waals surface area (Å²) >= 11 is 0. The summed E-state index contributed by atoms with van der Waals surface area (Å²) in [7, 11) is 0. The van der Waals surface area contributed by atoms with Gasteiger partial charge in [-0.25, -0.2) is 0 Å². The van der Waals surface area contributed by atoms with Crippen LogP contribution in [-0.2, 0) is 6.54 Å². The lowest BCUT2D eigenvalue weighted by molar-refractivity contribution is 0.136. The van der Waals surface area contributed by atoms with Crippen LogP contribution in [0, 0.1) is 11.3 Å². The zero-order chi connectivity index (χ0) is 14.6. The predicted octanol–water partition coefficient (Wildman–Crippen LogP) is 4.48. The Balaban J connectivity index is 1.79. The third-order valence-electron chi connectivity index (χ3n) is 5.32. The van der Waals surface area contributed by atoms with Gasteiger partial charge in [-0.2, -0.15) is 0 Å². The van der Waals surface area contributed by atoms with Crippen LogP contribution in [0.2, 0.25) is 0 Å². The number of aromatic hydroxyl groups is 1. The molecule has 112 valence electrons. The van der Waals surface area contributed by atoms with E-state index in [-0.39, 0.29) is 0 Å². The molecule has 0 unspecified atom stereocenters. The van der Waals surface area contributed by atoms with Gasteiger partial charge in [0.15, 0.2) is 0 Å². The Bertz CT molecular complexity index is 419. The fourth-order valence-electron chi connectivity index (χ4n) is 3.28. The molecule has 1 aromatic carbocycles. The van der Waals surface area contributed by atoms with Crippen molar-refractivity contribution in [1.29, 1.82) is 0 Å². The van der Waals surface area contributed by atoms with E-state index in [1.165, 1.54) is 32.1 Å². The van der Waals surface area contributed by atoms with E-state index in [9.17, 15) is 5.11 Å². The Morgan fingerprint density at radius 1 is 1.15 bits per heavy atom. The molecule has 2 rings (SSSR count). The van der Waals surface area contributed by atoms with Gasteiger partial charge in [0, 0.05) is 18.2 Å². The topological polar surface area (TPSA) is 32.3 Å². The highest BCUT2D eigenvalue weighted by Crippen LogP contribution is 2.40. The Labute approximate surface area is 123 Å². The summed E-state index contributed by atoms with van der Waals surface area (Å²) in [4.78, 5) is 0. The summed E-state index contributed by atoms with van der Waals surface area (Å²) < 4.78 is 0. The van der Waals surface area contributed by atoms with Gasteiger partial charge in [-0.05, 0) is 43.1 Å². The standard InChI is InChI=1S/C18H29NO/c1-4-18(2,3)15-9-11-16(12-10-15)19-13-14-7-5-6-8-17(14)20/h5-8,15-16,19-20H,4,9-13H2,1-3H3. The molecule has 0 aliphatic heterocycles. The third kappa shape index (κ3) is 3.76. The zero-order valence-corrected chi connectivity index (χ0v) is 13.2. The molecule has 0 atom stereocenters. The summed E-state index contributed by atoms with van der Waals surface area (Å²) in [6.45, 7) is 7.91. The van der Waals surface area contributed by atoms with Crippen molar-refractivity contribution < 1.29 is 5.11 Å². The van der Waals surface area contributed by atoms with E-state index >= 15 is 0 Å². The van der Waals surface area contributed by atoms with Crippen LogP contribution < -0.4 is 5.32 Å². The van der Waals surface area contributed by atoms with Gasteiger partial charge in [0.1, 0.15) is 5.75 Å². The molecular weight excluding hydrogens is 246 g/mol. The van der Waals surface area contributed by atoms with Gasteiger partial charge in [-0.3, -0.25) is 0 Å². The van der Waals surface area contributed by atoms with Crippen molar-refractivity contribution in [1.82, 2.24) is 5.32 Å².